The maximum atomic E-state index is 13.3. The van der Waals surface area contributed by atoms with Crippen molar-refractivity contribution in [2.75, 3.05) is 18.1 Å². The van der Waals surface area contributed by atoms with Crippen molar-refractivity contribution >= 4 is 34.7 Å². The van der Waals surface area contributed by atoms with Crippen molar-refractivity contribution in [3.63, 3.8) is 0 Å². The molecule has 0 bridgehead atoms. The maximum Gasteiger partial charge on any atom is 0.387 e. The van der Waals surface area contributed by atoms with E-state index in [0.29, 0.717) is 11.1 Å². The molecule has 1 aliphatic rings. The first-order valence-electron chi connectivity index (χ1n) is 10.8. The number of nitrogens with two attached hydrogens (primary N) is 1. The minimum absolute atomic E-state index is 0.00419. The number of alkyl halides is 2. The number of fused-ring (bicyclic) bond motifs is 1. The Bertz CT molecular complexity index is 1400. The lowest BCUT2D eigenvalue weighted by Gasteiger charge is -2.35. The average Bonchev–Trinajstić information content (AvgIpc) is 3.34. The molecular weight excluding hydrogens is 482 g/mol. The van der Waals surface area contributed by atoms with E-state index in [2.05, 4.69) is 25.8 Å². The molecule has 1 amide bonds. The smallest absolute Gasteiger partial charge is 0.387 e. The molecule has 0 radical (unpaired) electrons. The quantitative estimate of drug-likeness (QED) is 0.352. The van der Waals surface area contributed by atoms with Crippen LogP contribution in [0, 0.1) is 0 Å². The van der Waals surface area contributed by atoms with E-state index in [1.807, 2.05) is 7.05 Å². The number of anilines is 2. The highest BCUT2D eigenvalue weighted by molar-refractivity contribution is 6.31. The lowest BCUT2D eigenvalue weighted by Crippen LogP contribution is -2.40. The second kappa shape index (κ2) is 9.12. The normalized spacial score (nSPS) is 17.5. The summed E-state index contributed by atoms with van der Waals surface area (Å²) in [4.78, 5) is 17.5. The summed E-state index contributed by atoms with van der Waals surface area (Å²) in [5, 5.41) is 15.0. The fourth-order valence-electron chi connectivity index (χ4n) is 4.10. The van der Waals surface area contributed by atoms with Crippen LogP contribution in [0.3, 0.4) is 0 Å². The van der Waals surface area contributed by atoms with E-state index < -0.39 is 12.5 Å². The minimum Gasteiger partial charge on any atom is -0.434 e. The van der Waals surface area contributed by atoms with Crippen LogP contribution in [0.4, 0.5) is 20.3 Å². The number of hydrogen-bond donors (Lipinski definition) is 3. The number of nitrogens with zero attached hydrogens (tertiary/aromatic N) is 5. The number of amides is 1. The number of aromatic nitrogens is 5. The van der Waals surface area contributed by atoms with Gasteiger partial charge in [-0.25, -0.2) is 9.50 Å². The predicted molar refractivity (Wildman–Crippen MR) is 126 cm³/mol. The first-order valence-corrected chi connectivity index (χ1v) is 11.1. The van der Waals surface area contributed by atoms with Gasteiger partial charge in [0.15, 0.2) is 11.5 Å². The Balaban J connectivity index is 1.56. The molecule has 0 spiro atoms. The summed E-state index contributed by atoms with van der Waals surface area (Å²) in [5.74, 6) is -0.698. The number of nitrogen functional groups attached to an aromatic ring is 1. The molecule has 0 aliphatic heterocycles. The van der Waals surface area contributed by atoms with Crippen LogP contribution >= 0.6 is 11.6 Å². The van der Waals surface area contributed by atoms with Crippen LogP contribution in [0.1, 0.15) is 29.2 Å². The third-order valence-corrected chi connectivity index (χ3v) is 6.17. The lowest BCUT2D eigenvalue weighted by atomic mass is 9.87. The molecule has 10 nitrogen and oxygen atoms in total. The number of benzene rings is 1. The van der Waals surface area contributed by atoms with Crippen LogP contribution in [0.15, 0.2) is 42.9 Å². The van der Waals surface area contributed by atoms with Gasteiger partial charge in [0.25, 0.3) is 5.91 Å². The maximum absolute atomic E-state index is 13.3. The summed E-state index contributed by atoms with van der Waals surface area (Å²) >= 11 is 6.17. The monoisotopic (exact) mass is 502 g/mol. The Labute approximate surface area is 203 Å². The molecule has 4 aromatic rings. The summed E-state index contributed by atoms with van der Waals surface area (Å²) in [6, 6.07) is 6.31. The molecule has 35 heavy (non-hydrogen) atoms. The van der Waals surface area contributed by atoms with Gasteiger partial charge < -0.3 is 21.1 Å². The predicted octanol–water partition coefficient (Wildman–Crippen LogP) is 3.61. The second-order valence-electron chi connectivity index (χ2n) is 8.10. The Hall–Kier alpha value is -3.77. The minimum atomic E-state index is -3.05. The van der Waals surface area contributed by atoms with Gasteiger partial charge in [0, 0.05) is 35.2 Å². The molecule has 1 fully saturated rings. The SMILES string of the molecule is CNC1CC(n2cc(NC(=O)c3c(N)nn4cccnc34)c(-c3cc(Cl)ccc3OC(F)F)n2)C1. The molecule has 4 N–H and O–H groups in total. The molecule has 0 saturated heterocycles. The van der Waals surface area contributed by atoms with E-state index >= 15 is 0 Å². The number of halogens is 3. The Kier molecular flexibility index (Phi) is 5.99. The molecule has 3 heterocycles. The summed E-state index contributed by atoms with van der Waals surface area (Å²) in [5.41, 5.74) is 7.06. The van der Waals surface area contributed by atoms with E-state index in [1.165, 1.54) is 28.9 Å². The van der Waals surface area contributed by atoms with E-state index in [1.54, 1.807) is 23.1 Å². The van der Waals surface area contributed by atoms with Crippen molar-refractivity contribution in [2.24, 2.45) is 0 Å². The van der Waals surface area contributed by atoms with Crippen molar-refractivity contribution in [1.82, 2.24) is 29.7 Å². The van der Waals surface area contributed by atoms with Gasteiger partial charge in [0.2, 0.25) is 0 Å². The van der Waals surface area contributed by atoms with Crippen molar-refractivity contribution < 1.29 is 18.3 Å². The Morgan fingerprint density at radius 1 is 1.31 bits per heavy atom. The average molecular weight is 503 g/mol. The zero-order valence-electron chi connectivity index (χ0n) is 18.5. The van der Waals surface area contributed by atoms with Gasteiger partial charge in [-0.15, -0.1) is 5.10 Å². The fraction of sp³-hybridized carbons (Fsp3) is 0.273. The highest BCUT2D eigenvalue weighted by atomic mass is 35.5. The number of nitrogens with one attached hydrogen (secondary N) is 2. The highest BCUT2D eigenvalue weighted by Gasteiger charge is 2.32. The number of hydrogen-bond acceptors (Lipinski definition) is 7. The largest absolute Gasteiger partial charge is 0.434 e. The molecule has 1 aromatic carbocycles. The van der Waals surface area contributed by atoms with Crippen LogP contribution in [-0.4, -0.2) is 50.0 Å². The topological polar surface area (TPSA) is 124 Å². The number of carbonyl (C=O) groups excluding carboxylic acids is 1. The summed E-state index contributed by atoms with van der Waals surface area (Å²) < 4.78 is 34.0. The molecule has 1 saturated carbocycles. The number of carbonyl (C=O) groups is 1. The van der Waals surface area contributed by atoms with Gasteiger partial charge in [0.05, 0.1) is 11.7 Å². The Morgan fingerprint density at radius 3 is 2.86 bits per heavy atom. The summed E-state index contributed by atoms with van der Waals surface area (Å²) in [6.07, 6.45) is 6.45. The van der Waals surface area contributed by atoms with Gasteiger partial charge >= 0.3 is 6.61 Å². The van der Waals surface area contributed by atoms with E-state index in [9.17, 15) is 13.6 Å². The van der Waals surface area contributed by atoms with Gasteiger partial charge in [-0.1, -0.05) is 11.6 Å². The molecule has 13 heteroatoms. The van der Waals surface area contributed by atoms with Crippen LogP contribution in [-0.2, 0) is 0 Å². The van der Waals surface area contributed by atoms with Crippen molar-refractivity contribution in [2.45, 2.75) is 31.5 Å². The second-order valence-corrected chi connectivity index (χ2v) is 8.54. The number of rotatable bonds is 7. The molecule has 0 atom stereocenters. The van der Waals surface area contributed by atoms with Crippen LogP contribution in [0.2, 0.25) is 5.02 Å². The molecule has 3 aromatic heterocycles. The molecule has 182 valence electrons. The number of ether oxygens (including phenoxy) is 1. The van der Waals surface area contributed by atoms with Crippen LogP contribution in [0.25, 0.3) is 16.9 Å². The first-order chi connectivity index (χ1) is 16.8. The van der Waals surface area contributed by atoms with Gasteiger partial charge in [-0.3, -0.25) is 9.48 Å². The van der Waals surface area contributed by atoms with Crippen LogP contribution < -0.4 is 21.1 Å². The summed E-state index contributed by atoms with van der Waals surface area (Å²) in [6.45, 7) is -3.05. The zero-order chi connectivity index (χ0) is 24.7. The zero-order valence-corrected chi connectivity index (χ0v) is 19.2. The van der Waals surface area contributed by atoms with Crippen molar-refractivity contribution in [3.8, 4) is 17.0 Å². The fourth-order valence-corrected chi connectivity index (χ4v) is 4.27. The summed E-state index contributed by atoms with van der Waals surface area (Å²) in [7, 11) is 1.88. The van der Waals surface area contributed by atoms with Crippen molar-refractivity contribution in [1.29, 1.82) is 0 Å². The molecule has 0 unspecified atom stereocenters. The molecule has 5 rings (SSSR count). The molecular formula is C22H21ClF2N8O2. The van der Waals surface area contributed by atoms with E-state index in [0.717, 1.165) is 12.8 Å². The van der Waals surface area contributed by atoms with Crippen LogP contribution in [0.5, 0.6) is 5.75 Å². The van der Waals surface area contributed by atoms with Gasteiger partial charge in [0.1, 0.15) is 17.0 Å². The Morgan fingerprint density at radius 2 is 2.11 bits per heavy atom. The third kappa shape index (κ3) is 4.37. The van der Waals surface area contributed by atoms with E-state index in [-0.39, 0.29) is 45.8 Å². The standard InChI is InChI=1S/C22H21ClF2N8O2/c1-27-12-8-13(9-12)33-10-15(18(30-33)14-7-11(23)3-4-16(14)35-22(24)25)29-21(34)17-19(26)31-32-6-2-5-28-20(17)32/h2-7,10,12-13,22,27H,8-9H2,1H3,(H2,26,31)(H,29,34). The lowest BCUT2D eigenvalue weighted by molar-refractivity contribution is -0.0494. The molecule has 1 aliphatic carbocycles. The van der Waals surface area contributed by atoms with Gasteiger partial charge in [-0.05, 0) is 44.2 Å². The van der Waals surface area contributed by atoms with Crippen molar-refractivity contribution in [3.05, 3.63) is 53.4 Å². The van der Waals surface area contributed by atoms with E-state index in [4.69, 9.17) is 22.1 Å². The first kappa shape index (κ1) is 23.0. The van der Waals surface area contributed by atoms with Gasteiger partial charge in [-0.2, -0.15) is 13.9 Å². The third-order valence-electron chi connectivity index (χ3n) is 5.94. The highest BCUT2D eigenvalue weighted by Crippen LogP contribution is 2.40.